The Morgan fingerprint density at radius 3 is 2.87 bits per heavy atom. The van der Waals surface area contributed by atoms with Crippen molar-refractivity contribution in [2.75, 3.05) is 13.2 Å². The molecule has 0 aliphatic carbocycles. The maximum atomic E-state index is 11.8. The van der Waals surface area contributed by atoms with Crippen molar-refractivity contribution in [1.82, 2.24) is 20.1 Å². The number of para-hydroxylation sites is 1. The Morgan fingerprint density at radius 2 is 2.09 bits per heavy atom. The molecule has 7 nitrogen and oxygen atoms in total. The molecule has 1 fully saturated rings. The summed E-state index contributed by atoms with van der Waals surface area (Å²) in [6.07, 6.45) is 3.07. The Labute approximate surface area is 134 Å². The van der Waals surface area contributed by atoms with Crippen molar-refractivity contribution >= 4 is 6.09 Å². The standard InChI is InChI=1S/C16H20N4O3/c21-16(23-14-4-2-1-3-5-14)17-10-15-18-12-19-20(15)11-13-6-8-22-9-7-13/h1-5,12-13H,6-11H2,(H,17,21). The van der Waals surface area contributed by atoms with E-state index in [0.717, 1.165) is 38.4 Å². The number of amides is 1. The van der Waals surface area contributed by atoms with E-state index < -0.39 is 6.09 Å². The molecule has 2 aromatic rings. The van der Waals surface area contributed by atoms with Gasteiger partial charge in [-0.3, -0.25) is 0 Å². The van der Waals surface area contributed by atoms with Crippen LogP contribution in [0.4, 0.5) is 4.79 Å². The number of benzene rings is 1. The zero-order chi connectivity index (χ0) is 15.9. The van der Waals surface area contributed by atoms with Crippen molar-refractivity contribution in [3.05, 3.63) is 42.5 Å². The minimum atomic E-state index is -0.503. The first-order chi connectivity index (χ1) is 11.3. The maximum absolute atomic E-state index is 11.8. The third-order valence-corrected chi connectivity index (χ3v) is 3.81. The van der Waals surface area contributed by atoms with Gasteiger partial charge < -0.3 is 14.8 Å². The van der Waals surface area contributed by atoms with Crippen LogP contribution in [0.1, 0.15) is 18.7 Å². The Balaban J connectivity index is 1.50. The molecular formula is C16H20N4O3. The van der Waals surface area contributed by atoms with Crippen LogP contribution in [-0.2, 0) is 17.8 Å². The van der Waals surface area contributed by atoms with Crippen molar-refractivity contribution in [2.24, 2.45) is 5.92 Å². The minimum absolute atomic E-state index is 0.287. The van der Waals surface area contributed by atoms with Gasteiger partial charge in [-0.2, -0.15) is 5.10 Å². The summed E-state index contributed by atoms with van der Waals surface area (Å²) >= 11 is 0. The Morgan fingerprint density at radius 1 is 1.30 bits per heavy atom. The average molecular weight is 316 g/mol. The summed E-state index contributed by atoms with van der Waals surface area (Å²) in [5.74, 6) is 1.77. The van der Waals surface area contributed by atoms with Crippen LogP contribution in [-0.4, -0.2) is 34.1 Å². The van der Waals surface area contributed by atoms with E-state index in [2.05, 4.69) is 15.4 Å². The average Bonchev–Trinajstić information content (AvgIpc) is 3.02. The van der Waals surface area contributed by atoms with Gasteiger partial charge >= 0.3 is 6.09 Å². The molecule has 0 saturated carbocycles. The van der Waals surface area contributed by atoms with E-state index in [9.17, 15) is 4.79 Å². The number of ether oxygens (including phenoxy) is 2. The van der Waals surface area contributed by atoms with E-state index >= 15 is 0 Å². The lowest BCUT2D eigenvalue weighted by Gasteiger charge is -2.22. The molecule has 1 amide bonds. The molecule has 0 unspecified atom stereocenters. The number of aromatic nitrogens is 3. The van der Waals surface area contributed by atoms with Crippen LogP contribution in [0.25, 0.3) is 0 Å². The van der Waals surface area contributed by atoms with Crippen molar-refractivity contribution in [3.8, 4) is 5.75 Å². The molecule has 0 atom stereocenters. The number of hydrogen-bond acceptors (Lipinski definition) is 5. The van der Waals surface area contributed by atoms with Gasteiger partial charge in [0.15, 0.2) is 0 Å². The summed E-state index contributed by atoms with van der Waals surface area (Å²) < 4.78 is 12.4. The monoisotopic (exact) mass is 316 g/mol. The fourth-order valence-electron chi connectivity index (χ4n) is 2.53. The van der Waals surface area contributed by atoms with Crippen LogP contribution in [0.5, 0.6) is 5.75 Å². The number of hydrogen-bond donors (Lipinski definition) is 1. The lowest BCUT2D eigenvalue weighted by Crippen LogP contribution is -2.29. The van der Waals surface area contributed by atoms with Crippen molar-refractivity contribution in [3.63, 3.8) is 0 Å². The second-order valence-corrected chi connectivity index (χ2v) is 5.47. The van der Waals surface area contributed by atoms with Gasteiger partial charge in [0, 0.05) is 19.8 Å². The highest BCUT2D eigenvalue weighted by Crippen LogP contribution is 2.17. The summed E-state index contributed by atoms with van der Waals surface area (Å²) in [5, 5.41) is 6.95. The second kappa shape index (κ2) is 7.73. The van der Waals surface area contributed by atoms with Crippen molar-refractivity contribution in [1.29, 1.82) is 0 Å². The van der Waals surface area contributed by atoms with Gasteiger partial charge in [0.05, 0.1) is 6.54 Å². The summed E-state index contributed by atoms with van der Waals surface area (Å²) in [5.41, 5.74) is 0. The Kier molecular flexibility index (Phi) is 5.21. The lowest BCUT2D eigenvalue weighted by molar-refractivity contribution is 0.0598. The number of carbonyl (C=O) groups excluding carboxylic acids is 1. The van der Waals surface area contributed by atoms with Gasteiger partial charge in [-0.25, -0.2) is 14.5 Å². The molecule has 1 aromatic carbocycles. The molecule has 1 aromatic heterocycles. The number of nitrogens with zero attached hydrogens (tertiary/aromatic N) is 3. The molecule has 1 saturated heterocycles. The quantitative estimate of drug-likeness (QED) is 0.912. The molecule has 1 aliphatic heterocycles. The van der Waals surface area contributed by atoms with Crippen LogP contribution in [0.2, 0.25) is 0 Å². The first-order valence-electron chi connectivity index (χ1n) is 7.76. The van der Waals surface area contributed by atoms with E-state index in [4.69, 9.17) is 9.47 Å². The summed E-state index contributed by atoms with van der Waals surface area (Å²) in [6.45, 7) is 2.69. The van der Waals surface area contributed by atoms with Gasteiger partial charge in [0.25, 0.3) is 0 Å². The highest BCUT2D eigenvalue weighted by atomic mass is 16.6. The maximum Gasteiger partial charge on any atom is 0.412 e. The number of nitrogens with one attached hydrogen (secondary N) is 1. The Bertz CT molecular complexity index is 623. The largest absolute Gasteiger partial charge is 0.412 e. The zero-order valence-electron chi connectivity index (χ0n) is 12.9. The third kappa shape index (κ3) is 4.53. The van der Waals surface area contributed by atoms with Crippen LogP contribution in [0.15, 0.2) is 36.7 Å². The van der Waals surface area contributed by atoms with Crippen molar-refractivity contribution in [2.45, 2.75) is 25.9 Å². The number of rotatable bonds is 5. The van der Waals surface area contributed by atoms with Gasteiger partial charge in [-0.05, 0) is 30.9 Å². The van der Waals surface area contributed by atoms with Gasteiger partial charge in [0.2, 0.25) is 0 Å². The molecule has 3 rings (SSSR count). The topological polar surface area (TPSA) is 78.3 Å². The van der Waals surface area contributed by atoms with E-state index in [1.54, 1.807) is 12.1 Å². The second-order valence-electron chi connectivity index (χ2n) is 5.47. The van der Waals surface area contributed by atoms with E-state index in [1.807, 2.05) is 22.9 Å². The third-order valence-electron chi connectivity index (χ3n) is 3.81. The molecule has 122 valence electrons. The van der Waals surface area contributed by atoms with Gasteiger partial charge in [0.1, 0.15) is 17.9 Å². The van der Waals surface area contributed by atoms with Gasteiger partial charge in [-0.15, -0.1) is 0 Å². The predicted octanol–water partition coefficient (Wildman–Crippen LogP) is 1.99. The highest BCUT2D eigenvalue weighted by Gasteiger charge is 2.17. The smallest absolute Gasteiger partial charge is 0.410 e. The molecule has 7 heteroatoms. The molecule has 1 N–H and O–H groups in total. The predicted molar refractivity (Wildman–Crippen MR) is 82.9 cm³/mol. The minimum Gasteiger partial charge on any atom is -0.410 e. The first kappa shape index (κ1) is 15.5. The van der Waals surface area contributed by atoms with Gasteiger partial charge in [-0.1, -0.05) is 18.2 Å². The van der Waals surface area contributed by atoms with Crippen LogP contribution < -0.4 is 10.1 Å². The molecule has 0 bridgehead atoms. The summed E-state index contributed by atoms with van der Waals surface area (Å²) in [7, 11) is 0. The zero-order valence-corrected chi connectivity index (χ0v) is 12.9. The molecule has 0 radical (unpaired) electrons. The lowest BCUT2D eigenvalue weighted by atomic mass is 10.0. The summed E-state index contributed by atoms with van der Waals surface area (Å²) in [6, 6.07) is 8.95. The van der Waals surface area contributed by atoms with Crippen LogP contribution in [0.3, 0.4) is 0 Å². The normalized spacial score (nSPS) is 15.3. The SMILES string of the molecule is O=C(NCc1ncnn1CC1CCOCC1)Oc1ccccc1. The molecular weight excluding hydrogens is 296 g/mol. The Hall–Kier alpha value is -2.41. The van der Waals surface area contributed by atoms with E-state index in [1.165, 1.54) is 6.33 Å². The first-order valence-corrected chi connectivity index (χ1v) is 7.76. The fourth-order valence-corrected chi connectivity index (χ4v) is 2.53. The summed E-state index contributed by atoms with van der Waals surface area (Å²) in [4.78, 5) is 16.0. The van der Waals surface area contributed by atoms with E-state index in [-0.39, 0.29) is 6.54 Å². The van der Waals surface area contributed by atoms with Crippen LogP contribution in [0, 0.1) is 5.92 Å². The van der Waals surface area contributed by atoms with Crippen molar-refractivity contribution < 1.29 is 14.3 Å². The molecule has 2 heterocycles. The molecule has 23 heavy (non-hydrogen) atoms. The van der Waals surface area contributed by atoms with E-state index in [0.29, 0.717) is 11.7 Å². The van der Waals surface area contributed by atoms with Crippen LogP contribution >= 0.6 is 0 Å². The highest BCUT2D eigenvalue weighted by molar-refractivity contribution is 5.70. The number of carbonyl (C=O) groups is 1. The fraction of sp³-hybridized carbons (Fsp3) is 0.438. The molecule has 1 aliphatic rings. The molecule has 0 spiro atoms.